The SMILES string of the molecule is COc1ccc(N(CC(=O)N(Cc2ccc(Br)cc2)C(Cc2ccccc2)C(=O)NC2CCCCC2)S(=O)(=O)c2ccc(C)cc2)cc1OC. The lowest BCUT2D eigenvalue weighted by atomic mass is 9.94. The monoisotopic (exact) mass is 761 g/mol. The molecule has 0 spiro atoms. The highest BCUT2D eigenvalue weighted by molar-refractivity contribution is 9.10. The summed E-state index contributed by atoms with van der Waals surface area (Å²) < 4.78 is 41.7. The Hall–Kier alpha value is -4.35. The third kappa shape index (κ3) is 9.25. The predicted octanol–water partition coefficient (Wildman–Crippen LogP) is 7.06. The zero-order chi connectivity index (χ0) is 35.7. The van der Waals surface area contributed by atoms with Gasteiger partial charge in [-0.3, -0.25) is 13.9 Å². The first-order valence-electron chi connectivity index (χ1n) is 16.8. The molecule has 1 aliphatic rings. The van der Waals surface area contributed by atoms with Gasteiger partial charge in [0.2, 0.25) is 11.8 Å². The van der Waals surface area contributed by atoms with Crippen LogP contribution in [0.4, 0.5) is 5.69 Å². The van der Waals surface area contributed by atoms with Crippen molar-refractivity contribution in [2.75, 3.05) is 25.1 Å². The minimum atomic E-state index is -4.27. The van der Waals surface area contributed by atoms with Gasteiger partial charge >= 0.3 is 0 Å². The van der Waals surface area contributed by atoms with Crippen molar-refractivity contribution < 1.29 is 27.5 Å². The first kappa shape index (κ1) is 36.9. The van der Waals surface area contributed by atoms with Gasteiger partial charge in [0.05, 0.1) is 24.8 Å². The van der Waals surface area contributed by atoms with E-state index in [1.807, 2.05) is 61.5 Å². The van der Waals surface area contributed by atoms with E-state index in [2.05, 4.69) is 21.2 Å². The molecule has 1 atom stereocenters. The van der Waals surface area contributed by atoms with Gasteiger partial charge in [-0.05, 0) is 67.3 Å². The molecule has 1 aliphatic carbocycles. The molecule has 50 heavy (non-hydrogen) atoms. The lowest BCUT2D eigenvalue weighted by Crippen LogP contribution is -2.55. The molecule has 0 aliphatic heterocycles. The number of amides is 2. The number of rotatable bonds is 14. The van der Waals surface area contributed by atoms with E-state index in [0.29, 0.717) is 11.5 Å². The number of anilines is 1. The molecule has 1 saturated carbocycles. The van der Waals surface area contributed by atoms with Gasteiger partial charge in [0, 0.05) is 29.5 Å². The second-order valence-electron chi connectivity index (χ2n) is 12.6. The van der Waals surface area contributed by atoms with E-state index in [1.54, 1.807) is 24.3 Å². The van der Waals surface area contributed by atoms with E-state index in [-0.39, 0.29) is 35.5 Å². The number of ether oxygens (including phenoxy) is 2. The van der Waals surface area contributed by atoms with Gasteiger partial charge in [0.25, 0.3) is 10.0 Å². The smallest absolute Gasteiger partial charge is 0.264 e. The van der Waals surface area contributed by atoms with Gasteiger partial charge in [-0.25, -0.2) is 8.42 Å². The van der Waals surface area contributed by atoms with Crippen molar-refractivity contribution in [2.45, 2.75) is 69.0 Å². The molecule has 0 heterocycles. The van der Waals surface area contributed by atoms with Gasteiger partial charge < -0.3 is 19.7 Å². The Morgan fingerprint density at radius 2 is 1.50 bits per heavy atom. The van der Waals surface area contributed by atoms with Gasteiger partial charge in [-0.15, -0.1) is 0 Å². The zero-order valence-electron chi connectivity index (χ0n) is 28.7. The van der Waals surface area contributed by atoms with Gasteiger partial charge in [-0.1, -0.05) is 95.4 Å². The molecule has 0 radical (unpaired) electrons. The summed E-state index contributed by atoms with van der Waals surface area (Å²) >= 11 is 3.48. The molecule has 1 N–H and O–H groups in total. The second kappa shape index (κ2) is 17.0. The summed E-state index contributed by atoms with van der Waals surface area (Å²) in [6, 6.07) is 27.4. The van der Waals surface area contributed by atoms with Crippen molar-refractivity contribution in [3.63, 3.8) is 0 Å². The summed E-state index contributed by atoms with van der Waals surface area (Å²) in [6.45, 7) is 1.40. The van der Waals surface area contributed by atoms with E-state index >= 15 is 0 Å². The first-order chi connectivity index (χ1) is 24.1. The predicted molar refractivity (Wildman–Crippen MR) is 199 cm³/mol. The maximum Gasteiger partial charge on any atom is 0.264 e. The van der Waals surface area contributed by atoms with E-state index in [9.17, 15) is 18.0 Å². The fourth-order valence-corrected chi connectivity index (χ4v) is 7.90. The molecule has 264 valence electrons. The topological polar surface area (TPSA) is 105 Å². The van der Waals surface area contributed by atoms with Crippen LogP contribution in [0.2, 0.25) is 0 Å². The molecule has 2 amide bonds. The maximum atomic E-state index is 14.8. The Labute approximate surface area is 303 Å². The van der Waals surface area contributed by atoms with Gasteiger partial charge in [0.1, 0.15) is 12.6 Å². The summed E-state index contributed by atoms with van der Waals surface area (Å²) in [4.78, 5) is 30.7. The highest BCUT2D eigenvalue weighted by Crippen LogP contribution is 2.34. The Morgan fingerprint density at radius 1 is 0.840 bits per heavy atom. The highest BCUT2D eigenvalue weighted by atomic mass is 79.9. The number of methoxy groups -OCH3 is 2. The summed E-state index contributed by atoms with van der Waals surface area (Å²) in [5, 5.41) is 3.24. The number of benzene rings is 4. The van der Waals surface area contributed by atoms with Crippen LogP contribution >= 0.6 is 15.9 Å². The molecule has 1 fully saturated rings. The summed E-state index contributed by atoms with van der Waals surface area (Å²) in [7, 11) is -1.31. The maximum absolute atomic E-state index is 14.8. The van der Waals surface area contributed by atoms with Crippen molar-refractivity contribution in [2.24, 2.45) is 0 Å². The highest BCUT2D eigenvalue weighted by Gasteiger charge is 2.35. The average molecular weight is 763 g/mol. The normalized spacial score (nSPS) is 14.0. The minimum absolute atomic E-state index is 0.0179. The van der Waals surface area contributed by atoms with Crippen LogP contribution in [-0.4, -0.2) is 58.0 Å². The van der Waals surface area contributed by atoms with Crippen molar-refractivity contribution in [3.8, 4) is 11.5 Å². The molecular formula is C39H44BrN3O6S. The van der Waals surface area contributed by atoms with Crippen molar-refractivity contribution in [3.05, 3.63) is 118 Å². The van der Waals surface area contributed by atoms with Gasteiger partial charge in [0.15, 0.2) is 11.5 Å². The molecule has 0 bridgehead atoms. The van der Waals surface area contributed by atoms with Gasteiger partial charge in [-0.2, -0.15) is 0 Å². The van der Waals surface area contributed by atoms with Crippen molar-refractivity contribution >= 4 is 43.5 Å². The van der Waals surface area contributed by atoms with Crippen LogP contribution in [0.5, 0.6) is 11.5 Å². The molecule has 9 nitrogen and oxygen atoms in total. The quantitative estimate of drug-likeness (QED) is 0.148. The number of carbonyl (C=O) groups excluding carboxylic acids is 2. The number of nitrogens with one attached hydrogen (secondary N) is 1. The molecule has 0 aromatic heterocycles. The number of aryl methyl sites for hydroxylation is 1. The van der Waals surface area contributed by atoms with E-state index < -0.39 is 28.5 Å². The molecular weight excluding hydrogens is 718 g/mol. The van der Waals surface area contributed by atoms with E-state index in [0.717, 1.165) is 57.6 Å². The van der Waals surface area contributed by atoms with Crippen LogP contribution < -0.4 is 19.1 Å². The standard InChI is InChI=1S/C39H44BrN3O6S/c1-28-14-21-34(22-15-28)50(46,47)43(33-20-23-36(48-2)37(25-33)49-3)27-38(44)42(26-30-16-18-31(40)19-17-30)35(24-29-10-6-4-7-11-29)39(45)41-32-12-8-5-9-13-32/h4,6-7,10-11,14-23,25,32,35H,5,8-9,12-13,24,26-27H2,1-3H3,(H,41,45). The number of sulfonamides is 1. The molecule has 1 unspecified atom stereocenters. The Kier molecular flexibility index (Phi) is 12.6. The zero-order valence-corrected chi connectivity index (χ0v) is 31.1. The van der Waals surface area contributed by atoms with Crippen LogP contribution in [0.25, 0.3) is 0 Å². The Morgan fingerprint density at radius 3 is 2.14 bits per heavy atom. The number of hydrogen-bond acceptors (Lipinski definition) is 6. The summed E-state index contributed by atoms with van der Waals surface area (Å²) in [6.07, 6.45) is 5.22. The number of halogens is 1. The summed E-state index contributed by atoms with van der Waals surface area (Å²) in [5.41, 5.74) is 2.79. The fraction of sp³-hybridized carbons (Fsp3) is 0.333. The molecule has 0 saturated heterocycles. The van der Waals surface area contributed by atoms with Crippen LogP contribution in [0.15, 0.2) is 106 Å². The number of carbonyl (C=O) groups is 2. The van der Waals surface area contributed by atoms with Crippen molar-refractivity contribution in [1.82, 2.24) is 10.2 Å². The third-order valence-corrected chi connectivity index (χ3v) is 11.3. The van der Waals surface area contributed by atoms with Crippen LogP contribution in [0, 0.1) is 6.92 Å². The largest absolute Gasteiger partial charge is 0.493 e. The Balaban J connectivity index is 1.59. The second-order valence-corrected chi connectivity index (χ2v) is 15.3. The molecule has 4 aromatic carbocycles. The minimum Gasteiger partial charge on any atom is -0.493 e. The van der Waals surface area contributed by atoms with Crippen LogP contribution in [0.1, 0.15) is 48.8 Å². The lowest BCUT2D eigenvalue weighted by Gasteiger charge is -2.35. The number of nitrogens with zero attached hydrogens (tertiary/aromatic N) is 2. The molecule has 4 aromatic rings. The molecule has 11 heteroatoms. The number of hydrogen-bond donors (Lipinski definition) is 1. The lowest BCUT2D eigenvalue weighted by molar-refractivity contribution is -0.140. The van der Waals surface area contributed by atoms with Crippen LogP contribution in [0.3, 0.4) is 0 Å². The fourth-order valence-electron chi connectivity index (χ4n) is 6.23. The Bertz CT molecular complexity index is 1850. The van der Waals surface area contributed by atoms with Crippen LogP contribution in [-0.2, 0) is 32.6 Å². The van der Waals surface area contributed by atoms with E-state index in [4.69, 9.17) is 9.47 Å². The van der Waals surface area contributed by atoms with Crippen molar-refractivity contribution in [1.29, 1.82) is 0 Å². The van der Waals surface area contributed by atoms with E-state index in [1.165, 1.54) is 37.3 Å². The third-order valence-electron chi connectivity index (χ3n) is 9.03. The summed E-state index contributed by atoms with van der Waals surface area (Å²) in [5.74, 6) is -0.0695. The average Bonchev–Trinajstić information content (AvgIpc) is 3.13. The molecule has 5 rings (SSSR count). The first-order valence-corrected chi connectivity index (χ1v) is 19.0.